The number of carbonyl (C=O) groups excluding carboxylic acids is 1. The lowest BCUT2D eigenvalue weighted by Crippen LogP contribution is -2.48. The summed E-state index contributed by atoms with van der Waals surface area (Å²) in [7, 11) is 3.21. The Morgan fingerprint density at radius 1 is 1.17 bits per heavy atom. The van der Waals surface area contributed by atoms with Crippen molar-refractivity contribution in [2.24, 2.45) is 0 Å². The topological polar surface area (TPSA) is 63.8 Å². The monoisotopic (exact) mass is 318 g/mol. The summed E-state index contributed by atoms with van der Waals surface area (Å²) in [6.45, 7) is 5.15. The molecular formula is C17H22N2O4. The molecule has 1 fully saturated rings. The van der Waals surface area contributed by atoms with Gasteiger partial charge >= 0.3 is 0 Å². The summed E-state index contributed by atoms with van der Waals surface area (Å²) in [6.07, 6.45) is 0.0865. The molecule has 6 nitrogen and oxygen atoms in total. The maximum absolute atomic E-state index is 12.8. The van der Waals surface area contributed by atoms with E-state index in [0.29, 0.717) is 30.3 Å². The van der Waals surface area contributed by atoms with Crippen molar-refractivity contribution in [3.05, 3.63) is 23.9 Å². The van der Waals surface area contributed by atoms with Crippen LogP contribution in [0.4, 0.5) is 0 Å². The summed E-state index contributed by atoms with van der Waals surface area (Å²) < 4.78 is 16.3. The Hall–Kier alpha value is -2.21. The number of hydrogen-bond donors (Lipinski definition) is 1. The Morgan fingerprint density at radius 3 is 2.48 bits per heavy atom. The largest absolute Gasteiger partial charge is 0.497 e. The third kappa shape index (κ3) is 2.99. The Morgan fingerprint density at radius 2 is 1.87 bits per heavy atom. The maximum Gasteiger partial charge on any atom is 0.270 e. The Bertz CT molecular complexity index is 715. The highest BCUT2D eigenvalue weighted by Gasteiger charge is 2.27. The smallest absolute Gasteiger partial charge is 0.270 e. The summed E-state index contributed by atoms with van der Waals surface area (Å²) in [6, 6.07) is 5.52. The number of nitrogens with zero attached hydrogens (tertiary/aromatic N) is 1. The lowest BCUT2D eigenvalue weighted by molar-refractivity contribution is -0.0587. The molecule has 2 heterocycles. The van der Waals surface area contributed by atoms with Gasteiger partial charge in [0.2, 0.25) is 0 Å². The molecule has 23 heavy (non-hydrogen) atoms. The van der Waals surface area contributed by atoms with E-state index in [1.165, 1.54) is 0 Å². The lowest BCUT2D eigenvalue weighted by atomic mass is 10.2. The highest BCUT2D eigenvalue weighted by atomic mass is 16.5. The highest BCUT2D eigenvalue weighted by Crippen LogP contribution is 2.31. The number of nitrogens with one attached hydrogen (secondary N) is 1. The van der Waals surface area contributed by atoms with Crippen LogP contribution >= 0.6 is 0 Å². The fourth-order valence-corrected chi connectivity index (χ4v) is 3.09. The lowest BCUT2D eigenvalue weighted by Gasteiger charge is -2.35. The molecule has 1 aliphatic heterocycles. The molecule has 2 atom stereocenters. The van der Waals surface area contributed by atoms with Gasteiger partial charge in [-0.25, -0.2) is 0 Å². The van der Waals surface area contributed by atoms with Gasteiger partial charge in [-0.2, -0.15) is 0 Å². The minimum atomic E-state index is -0.0239. The minimum absolute atomic E-state index is 0.0239. The van der Waals surface area contributed by atoms with Crippen molar-refractivity contribution in [2.45, 2.75) is 26.1 Å². The molecule has 0 radical (unpaired) electrons. The van der Waals surface area contributed by atoms with Crippen LogP contribution < -0.4 is 9.47 Å². The zero-order valence-corrected chi connectivity index (χ0v) is 13.9. The van der Waals surface area contributed by atoms with Crippen LogP contribution in [0.5, 0.6) is 11.5 Å². The van der Waals surface area contributed by atoms with Gasteiger partial charge in [-0.05, 0) is 26.0 Å². The van der Waals surface area contributed by atoms with E-state index in [1.54, 1.807) is 20.3 Å². The number of benzene rings is 1. The van der Waals surface area contributed by atoms with Crippen molar-refractivity contribution in [3.63, 3.8) is 0 Å². The minimum Gasteiger partial charge on any atom is -0.497 e. The van der Waals surface area contributed by atoms with Gasteiger partial charge in [-0.1, -0.05) is 0 Å². The molecule has 0 bridgehead atoms. The van der Waals surface area contributed by atoms with E-state index in [-0.39, 0.29) is 18.1 Å². The first-order valence-electron chi connectivity index (χ1n) is 7.71. The summed E-state index contributed by atoms with van der Waals surface area (Å²) in [5.74, 6) is 1.33. The van der Waals surface area contributed by atoms with E-state index in [9.17, 15) is 4.79 Å². The van der Waals surface area contributed by atoms with Crippen LogP contribution in [0, 0.1) is 0 Å². The molecule has 1 saturated heterocycles. The standard InChI is InChI=1S/C17H22N2O4/c1-10-8-19(9-11(2)23-10)17(20)14-6-12-5-13(21-3)7-15(22-4)16(12)18-14/h5-7,10-11,18H,8-9H2,1-4H3/t10-,11-/m0/s1. The second-order valence-electron chi connectivity index (χ2n) is 5.94. The number of morpholine rings is 1. The van der Waals surface area contributed by atoms with Gasteiger partial charge in [0, 0.05) is 24.5 Å². The number of ether oxygens (including phenoxy) is 3. The van der Waals surface area contributed by atoms with E-state index >= 15 is 0 Å². The summed E-state index contributed by atoms with van der Waals surface area (Å²) in [5, 5.41) is 0.888. The van der Waals surface area contributed by atoms with Crippen LogP contribution in [-0.4, -0.2) is 55.3 Å². The quantitative estimate of drug-likeness (QED) is 0.944. The van der Waals surface area contributed by atoms with Crippen LogP contribution in [-0.2, 0) is 4.74 Å². The van der Waals surface area contributed by atoms with Gasteiger partial charge < -0.3 is 24.1 Å². The Labute approximate surface area is 135 Å². The zero-order valence-electron chi connectivity index (χ0n) is 13.9. The van der Waals surface area contributed by atoms with Crippen LogP contribution in [0.1, 0.15) is 24.3 Å². The number of H-pyrrole nitrogens is 1. The molecule has 0 spiro atoms. The highest BCUT2D eigenvalue weighted by molar-refractivity contribution is 6.00. The molecule has 1 N–H and O–H groups in total. The molecule has 0 saturated carbocycles. The molecule has 0 unspecified atom stereocenters. The van der Waals surface area contributed by atoms with E-state index in [2.05, 4.69) is 4.98 Å². The fourth-order valence-electron chi connectivity index (χ4n) is 3.09. The molecular weight excluding hydrogens is 296 g/mol. The van der Waals surface area contributed by atoms with E-state index in [0.717, 1.165) is 10.9 Å². The number of amides is 1. The Kier molecular flexibility index (Phi) is 4.17. The van der Waals surface area contributed by atoms with Crippen LogP contribution in [0.25, 0.3) is 10.9 Å². The second-order valence-corrected chi connectivity index (χ2v) is 5.94. The first-order valence-corrected chi connectivity index (χ1v) is 7.71. The van der Waals surface area contributed by atoms with Crippen molar-refractivity contribution in [1.82, 2.24) is 9.88 Å². The van der Waals surface area contributed by atoms with Gasteiger partial charge in [0.1, 0.15) is 17.2 Å². The van der Waals surface area contributed by atoms with Crippen molar-refractivity contribution in [3.8, 4) is 11.5 Å². The van der Waals surface area contributed by atoms with Gasteiger partial charge in [0.15, 0.2) is 0 Å². The van der Waals surface area contributed by atoms with Crippen LogP contribution in [0.3, 0.4) is 0 Å². The fraction of sp³-hybridized carbons (Fsp3) is 0.471. The van der Waals surface area contributed by atoms with E-state index < -0.39 is 0 Å². The van der Waals surface area contributed by atoms with Crippen LogP contribution in [0.15, 0.2) is 18.2 Å². The first kappa shape index (κ1) is 15.7. The number of rotatable bonds is 3. The van der Waals surface area contributed by atoms with Gasteiger partial charge in [0.05, 0.1) is 31.9 Å². The number of fused-ring (bicyclic) bond motifs is 1. The Balaban J connectivity index is 1.95. The van der Waals surface area contributed by atoms with Gasteiger partial charge in [0.25, 0.3) is 5.91 Å². The van der Waals surface area contributed by atoms with Crippen molar-refractivity contribution < 1.29 is 19.0 Å². The predicted octanol–water partition coefficient (Wildman–Crippen LogP) is 2.43. The SMILES string of the molecule is COc1cc(OC)c2[nH]c(C(=O)N3C[C@H](C)O[C@@H](C)C3)cc2c1. The third-order valence-corrected chi connectivity index (χ3v) is 4.06. The molecule has 1 aliphatic rings. The number of carbonyl (C=O) groups is 1. The molecule has 1 aromatic heterocycles. The number of aromatic nitrogens is 1. The maximum atomic E-state index is 12.8. The van der Waals surface area contributed by atoms with Crippen molar-refractivity contribution >= 4 is 16.8 Å². The molecule has 2 aromatic rings. The molecule has 1 aromatic carbocycles. The summed E-state index contributed by atoms with van der Waals surface area (Å²) in [4.78, 5) is 17.8. The number of hydrogen-bond acceptors (Lipinski definition) is 4. The average Bonchev–Trinajstić information content (AvgIpc) is 2.96. The summed E-state index contributed by atoms with van der Waals surface area (Å²) in [5.41, 5.74) is 1.35. The molecule has 124 valence electrons. The molecule has 3 rings (SSSR count). The molecule has 1 amide bonds. The van der Waals surface area contributed by atoms with E-state index in [1.807, 2.05) is 30.9 Å². The van der Waals surface area contributed by atoms with Crippen molar-refractivity contribution in [1.29, 1.82) is 0 Å². The number of aromatic amines is 1. The van der Waals surface area contributed by atoms with Crippen molar-refractivity contribution in [2.75, 3.05) is 27.3 Å². The second kappa shape index (κ2) is 6.12. The molecule has 0 aliphatic carbocycles. The first-order chi connectivity index (χ1) is 11.0. The number of methoxy groups -OCH3 is 2. The molecule has 6 heteroatoms. The zero-order chi connectivity index (χ0) is 16.6. The van der Waals surface area contributed by atoms with Gasteiger partial charge in [-0.3, -0.25) is 4.79 Å². The average molecular weight is 318 g/mol. The third-order valence-electron chi connectivity index (χ3n) is 4.06. The predicted molar refractivity (Wildman–Crippen MR) is 87.3 cm³/mol. The summed E-state index contributed by atoms with van der Waals surface area (Å²) >= 11 is 0. The van der Waals surface area contributed by atoms with Crippen LogP contribution in [0.2, 0.25) is 0 Å². The normalized spacial score (nSPS) is 21.5. The van der Waals surface area contributed by atoms with Gasteiger partial charge in [-0.15, -0.1) is 0 Å². The van der Waals surface area contributed by atoms with E-state index in [4.69, 9.17) is 14.2 Å².